The maximum absolute atomic E-state index is 12.6. The number of hydrogen-bond acceptors (Lipinski definition) is 3. The number of rotatable bonds is 8. The minimum atomic E-state index is -0.0600. The lowest BCUT2D eigenvalue weighted by Gasteiger charge is -2.08. The molecule has 0 atom stereocenters. The van der Waals surface area contributed by atoms with Crippen LogP contribution in [0.1, 0.15) is 36.8 Å². The van der Waals surface area contributed by atoms with E-state index in [4.69, 9.17) is 12.2 Å². The van der Waals surface area contributed by atoms with Crippen molar-refractivity contribution in [3.63, 3.8) is 0 Å². The highest BCUT2D eigenvalue weighted by Crippen LogP contribution is 2.08. The molecule has 0 radical (unpaired) electrons. The first-order valence-electron chi connectivity index (χ1n) is 9.59. The van der Waals surface area contributed by atoms with Gasteiger partial charge in [-0.05, 0) is 49.7 Å². The van der Waals surface area contributed by atoms with Crippen LogP contribution < -0.4 is 10.9 Å². The van der Waals surface area contributed by atoms with Crippen molar-refractivity contribution in [3.05, 3.63) is 74.8 Å². The topological polar surface area (TPSA) is 66.9 Å². The van der Waals surface area contributed by atoms with Crippen LogP contribution in [0.5, 0.6) is 0 Å². The van der Waals surface area contributed by atoms with Gasteiger partial charge in [-0.1, -0.05) is 48.4 Å². The predicted octanol–water partition coefficient (Wildman–Crippen LogP) is 4.24. The molecule has 0 saturated carbocycles. The highest BCUT2D eigenvalue weighted by Gasteiger charge is 2.06. The van der Waals surface area contributed by atoms with Gasteiger partial charge in [0, 0.05) is 19.5 Å². The molecular formula is C22H25N3O2S. The number of nitrogens with one attached hydrogen (secondary N) is 2. The summed E-state index contributed by atoms with van der Waals surface area (Å²) >= 11 is 5.32. The fourth-order valence-corrected chi connectivity index (χ4v) is 3.53. The SMILES string of the molecule is Cc1cccc(CNC(=O)CCCCCn2c(=S)[nH]c3ccccc3c2=O)c1. The van der Waals surface area contributed by atoms with Gasteiger partial charge >= 0.3 is 0 Å². The lowest BCUT2D eigenvalue weighted by molar-refractivity contribution is -0.121. The predicted molar refractivity (Wildman–Crippen MR) is 115 cm³/mol. The van der Waals surface area contributed by atoms with Gasteiger partial charge in [0.2, 0.25) is 5.91 Å². The van der Waals surface area contributed by atoms with Gasteiger partial charge in [-0.15, -0.1) is 0 Å². The molecule has 0 saturated heterocycles. The molecule has 1 amide bonds. The van der Waals surface area contributed by atoms with E-state index in [0.717, 1.165) is 30.3 Å². The average Bonchev–Trinajstić information content (AvgIpc) is 2.68. The van der Waals surface area contributed by atoms with Gasteiger partial charge in [-0.25, -0.2) is 0 Å². The number of aryl methyl sites for hydroxylation is 1. The van der Waals surface area contributed by atoms with Crippen molar-refractivity contribution >= 4 is 29.0 Å². The summed E-state index contributed by atoms with van der Waals surface area (Å²) in [6.45, 7) is 3.16. The van der Waals surface area contributed by atoms with E-state index in [2.05, 4.69) is 16.4 Å². The zero-order valence-electron chi connectivity index (χ0n) is 16.0. The Kier molecular flexibility index (Phi) is 6.76. The van der Waals surface area contributed by atoms with Gasteiger partial charge in [0.1, 0.15) is 0 Å². The third-order valence-corrected chi connectivity index (χ3v) is 5.07. The van der Waals surface area contributed by atoms with Gasteiger partial charge < -0.3 is 10.3 Å². The van der Waals surface area contributed by atoms with E-state index in [1.165, 1.54) is 5.56 Å². The Morgan fingerprint density at radius 3 is 2.75 bits per heavy atom. The minimum absolute atomic E-state index is 0.0571. The summed E-state index contributed by atoms with van der Waals surface area (Å²) in [7, 11) is 0. The van der Waals surface area contributed by atoms with Gasteiger partial charge in [0.05, 0.1) is 10.9 Å². The van der Waals surface area contributed by atoms with Crippen molar-refractivity contribution in [3.8, 4) is 0 Å². The van der Waals surface area contributed by atoms with Crippen LogP contribution in [0, 0.1) is 11.7 Å². The Morgan fingerprint density at radius 1 is 1.11 bits per heavy atom. The molecule has 0 unspecified atom stereocenters. The first kappa shape index (κ1) is 20.0. The molecule has 5 nitrogen and oxygen atoms in total. The van der Waals surface area contributed by atoms with Crippen molar-refractivity contribution in [2.24, 2.45) is 0 Å². The second-order valence-corrected chi connectivity index (χ2v) is 7.40. The molecule has 0 aliphatic rings. The molecule has 3 aromatic rings. The second-order valence-electron chi connectivity index (χ2n) is 7.01. The highest BCUT2D eigenvalue weighted by molar-refractivity contribution is 7.71. The molecule has 28 heavy (non-hydrogen) atoms. The Balaban J connectivity index is 1.44. The minimum Gasteiger partial charge on any atom is -0.352 e. The van der Waals surface area contributed by atoms with E-state index in [9.17, 15) is 9.59 Å². The van der Waals surface area contributed by atoms with Crippen LogP contribution in [0.4, 0.5) is 0 Å². The number of benzene rings is 2. The Bertz CT molecular complexity index is 1080. The number of H-pyrrole nitrogens is 1. The van der Waals surface area contributed by atoms with Crippen molar-refractivity contribution < 1.29 is 4.79 Å². The van der Waals surface area contributed by atoms with E-state index < -0.39 is 0 Å². The molecule has 0 bridgehead atoms. The summed E-state index contributed by atoms with van der Waals surface area (Å²) in [5.41, 5.74) is 3.00. The Morgan fingerprint density at radius 2 is 1.93 bits per heavy atom. The van der Waals surface area contributed by atoms with Crippen LogP contribution in [0.25, 0.3) is 10.9 Å². The van der Waals surface area contributed by atoms with Crippen LogP contribution in [0.2, 0.25) is 0 Å². The zero-order valence-corrected chi connectivity index (χ0v) is 16.8. The third kappa shape index (κ3) is 5.16. The number of fused-ring (bicyclic) bond motifs is 1. The van der Waals surface area contributed by atoms with Crippen molar-refractivity contribution in [2.45, 2.75) is 45.7 Å². The summed E-state index contributed by atoms with van der Waals surface area (Å²) in [6, 6.07) is 15.5. The quantitative estimate of drug-likeness (QED) is 0.443. The molecule has 0 fully saturated rings. The number of carbonyl (C=O) groups is 1. The molecule has 2 aromatic carbocycles. The average molecular weight is 396 g/mol. The number of nitrogens with zero attached hydrogens (tertiary/aromatic N) is 1. The molecule has 0 aliphatic carbocycles. The van der Waals surface area contributed by atoms with Crippen LogP contribution in [-0.2, 0) is 17.9 Å². The summed E-state index contributed by atoms with van der Waals surface area (Å²) in [4.78, 5) is 27.7. The summed E-state index contributed by atoms with van der Waals surface area (Å²) in [6.07, 6.45) is 2.95. The Labute approximate surface area is 169 Å². The van der Waals surface area contributed by atoms with E-state index >= 15 is 0 Å². The van der Waals surface area contributed by atoms with Crippen LogP contribution in [0.3, 0.4) is 0 Å². The summed E-state index contributed by atoms with van der Waals surface area (Å²) in [5, 5.41) is 3.60. The van der Waals surface area contributed by atoms with E-state index in [1.54, 1.807) is 10.6 Å². The van der Waals surface area contributed by atoms with E-state index in [0.29, 0.717) is 29.7 Å². The second kappa shape index (κ2) is 9.46. The Hall–Kier alpha value is -2.73. The largest absolute Gasteiger partial charge is 0.352 e. The van der Waals surface area contributed by atoms with Crippen molar-refractivity contribution in [2.75, 3.05) is 0 Å². The van der Waals surface area contributed by atoms with Gasteiger partial charge in [0.25, 0.3) is 5.56 Å². The zero-order chi connectivity index (χ0) is 19.9. The maximum atomic E-state index is 12.6. The molecule has 2 N–H and O–H groups in total. The number of carbonyl (C=O) groups excluding carboxylic acids is 1. The third-order valence-electron chi connectivity index (χ3n) is 4.75. The number of aromatic amines is 1. The normalized spacial score (nSPS) is 10.9. The molecule has 0 spiro atoms. The van der Waals surface area contributed by atoms with E-state index in [1.807, 2.05) is 43.3 Å². The van der Waals surface area contributed by atoms with Crippen LogP contribution in [-0.4, -0.2) is 15.5 Å². The summed E-state index contributed by atoms with van der Waals surface area (Å²) in [5.74, 6) is 0.0571. The highest BCUT2D eigenvalue weighted by atomic mass is 32.1. The first-order valence-corrected chi connectivity index (χ1v) is 9.99. The van der Waals surface area contributed by atoms with Gasteiger partial charge in [-0.3, -0.25) is 14.2 Å². The van der Waals surface area contributed by atoms with Gasteiger partial charge in [0.15, 0.2) is 4.77 Å². The number of para-hydroxylation sites is 1. The number of hydrogen-bond donors (Lipinski definition) is 2. The number of aromatic nitrogens is 2. The molecule has 1 heterocycles. The van der Waals surface area contributed by atoms with Crippen LogP contribution in [0.15, 0.2) is 53.3 Å². The molecule has 0 aliphatic heterocycles. The number of amides is 1. The molecule has 3 rings (SSSR count). The lowest BCUT2D eigenvalue weighted by Crippen LogP contribution is -2.23. The molecule has 146 valence electrons. The van der Waals surface area contributed by atoms with Crippen molar-refractivity contribution in [1.82, 2.24) is 14.9 Å². The summed E-state index contributed by atoms with van der Waals surface area (Å²) < 4.78 is 2.05. The molecule has 6 heteroatoms. The first-order chi connectivity index (χ1) is 13.5. The van der Waals surface area contributed by atoms with E-state index in [-0.39, 0.29) is 11.5 Å². The van der Waals surface area contributed by atoms with Crippen molar-refractivity contribution in [1.29, 1.82) is 0 Å². The fourth-order valence-electron chi connectivity index (χ4n) is 3.25. The van der Waals surface area contributed by atoms with Crippen LogP contribution >= 0.6 is 12.2 Å². The van der Waals surface area contributed by atoms with Gasteiger partial charge in [-0.2, -0.15) is 0 Å². The number of unbranched alkanes of at least 4 members (excludes halogenated alkanes) is 2. The fraction of sp³-hybridized carbons (Fsp3) is 0.318. The monoisotopic (exact) mass is 395 g/mol. The molecule has 1 aromatic heterocycles. The molecular weight excluding hydrogens is 370 g/mol. The maximum Gasteiger partial charge on any atom is 0.262 e. The smallest absolute Gasteiger partial charge is 0.262 e. The lowest BCUT2D eigenvalue weighted by atomic mass is 10.1. The standard InChI is InChI=1S/C22H25N3O2S/c1-16-8-7-9-17(14-16)15-23-20(26)12-3-2-6-13-25-21(27)18-10-4-5-11-19(18)24-22(25)28/h4-5,7-11,14H,2-3,6,12-13,15H2,1H3,(H,23,26)(H,24,28).